The quantitative estimate of drug-likeness (QED) is 0.809. The lowest BCUT2D eigenvalue weighted by Gasteiger charge is -2.14. The van der Waals surface area contributed by atoms with Gasteiger partial charge in [-0.15, -0.1) is 0 Å². The molecule has 1 fully saturated rings. The first-order chi connectivity index (χ1) is 7.99. The van der Waals surface area contributed by atoms with Gasteiger partial charge in [-0.1, -0.05) is 12.1 Å². The Kier molecular flexibility index (Phi) is 3.15. The number of rotatable bonds is 3. The zero-order valence-corrected chi connectivity index (χ0v) is 9.91. The molecule has 4 nitrogen and oxygen atoms in total. The maximum atomic E-state index is 12.7. The highest BCUT2D eigenvalue weighted by Gasteiger charge is 2.34. The van der Waals surface area contributed by atoms with Crippen LogP contribution in [0.1, 0.15) is 12.0 Å². The third kappa shape index (κ3) is 2.63. The van der Waals surface area contributed by atoms with Crippen molar-refractivity contribution in [3.63, 3.8) is 0 Å². The van der Waals surface area contributed by atoms with E-state index in [4.69, 9.17) is 0 Å². The fraction of sp³-hybridized carbons (Fsp3) is 0.364. The number of hydrogen-bond donors (Lipinski definition) is 0. The van der Waals surface area contributed by atoms with Gasteiger partial charge in [-0.2, -0.15) is 0 Å². The molecule has 1 aromatic carbocycles. The van der Waals surface area contributed by atoms with Gasteiger partial charge in [-0.3, -0.25) is 4.79 Å². The van der Waals surface area contributed by atoms with Crippen LogP contribution in [0, 0.1) is 5.82 Å². The zero-order valence-electron chi connectivity index (χ0n) is 9.10. The van der Waals surface area contributed by atoms with Gasteiger partial charge in [0.1, 0.15) is 5.82 Å². The molecule has 0 aliphatic carbocycles. The molecule has 2 rings (SSSR count). The lowest BCUT2D eigenvalue weighted by atomic mass is 10.1. The van der Waals surface area contributed by atoms with Crippen LogP contribution < -0.4 is 0 Å². The van der Waals surface area contributed by atoms with E-state index in [9.17, 15) is 17.6 Å². The molecular weight excluding hydrogens is 245 g/mol. The summed E-state index contributed by atoms with van der Waals surface area (Å²) in [6, 6.07) is 5.80. The minimum atomic E-state index is -3.40. The van der Waals surface area contributed by atoms with E-state index in [2.05, 4.69) is 0 Å². The molecule has 17 heavy (non-hydrogen) atoms. The van der Waals surface area contributed by atoms with Crippen LogP contribution in [0.3, 0.4) is 0 Å². The summed E-state index contributed by atoms with van der Waals surface area (Å²) in [5.74, 6) is -0.791. The van der Waals surface area contributed by atoms with Crippen molar-refractivity contribution in [2.24, 2.45) is 0 Å². The van der Waals surface area contributed by atoms with Crippen molar-refractivity contribution in [3.05, 3.63) is 35.6 Å². The van der Waals surface area contributed by atoms with Crippen LogP contribution in [0.4, 0.5) is 4.39 Å². The van der Waals surface area contributed by atoms with Crippen LogP contribution in [0.2, 0.25) is 0 Å². The van der Waals surface area contributed by atoms with Crippen molar-refractivity contribution in [1.82, 2.24) is 4.31 Å². The molecular formula is C11H12FNO3S. The summed E-state index contributed by atoms with van der Waals surface area (Å²) in [4.78, 5) is 11.4. The molecule has 0 aromatic heterocycles. The highest BCUT2D eigenvalue weighted by molar-refractivity contribution is 7.90. The van der Waals surface area contributed by atoms with E-state index in [0.717, 1.165) is 9.87 Å². The fourth-order valence-corrected chi connectivity index (χ4v) is 3.18. The molecule has 1 aliphatic rings. The zero-order chi connectivity index (χ0) is 12.5. The van der Waals surface area contributed by atoms with Crippen molar-refractivity contribution in [1.29, 1.82) is 0 Å². The number of halogens is 1. The summed E-state index contributed by atoms with van der Waals surface area (Å²) >= 11 is 0. The predicted octanol–water partition coefficient (Wildman–Crippen LogP) is 0.930. The smallest absolute Gasteiger partial charge is 0.237 e. The Morgan fingerprint density at radius 2 is 1.88 bits per heavy atom. The van der Waals surface area contributed by atoms with Crippen LogP contribution in [0.15, 0.2) is 24.3 Å². The molecule has 1 aromatic rings. The Morgan fingerprint density at radius 3 is 2.41 bits per heavy atom. The molecule has 0 unspecified atom stereocenters. The van der Waals surface area contributed by atoms with Crippen LogP contribution in [-0.2, 0) is 21.2 Å². The van der Waals surface area contributed by atoms with Crippen LogP contribution in [0.25, 0.3) is 0 Å². The van der Waals surface area contributed by atoms with Gasteiger partial charge in [0.05, 0.1) is 5.75 Å². The van der Waals surface area contributed by atoms with Crippen LogP contribution in [-0.4, -0.2) is 30.9 Å². The molecule has 0 radical (unpaired) electrons. The van der Waals surface area contributed by atoms with Crippen molar-refractivity contribution in [2.45, 2.75) is 12.8 Å². The molecule has 0 atom stereocenters. The summed E-state index contributed by atoms with van der Waals surface area (Å²) in [5, 5.41) is 0. The standard InChI is InChI=1S/C11H12FNO3S/c12-10-3-1-9(2-4-10)5-7-13-11(14)6-8-17(13,15)16/h1-4H,5-8H2. The van der Waals surface area contributed by atoms with Gasteiger partial charge in [0.2, 0.25) is 15.9 Å². The maximum absolute atomic E-state index is 12.7. The van der Waals surface area contributed by atoms with Gasteiger partial charge < -0.3 is 0 Å². The Labute approximate surface area is 99.1 Å². The highest BCUT2D eigenvalue weighted by Crippen LogP contribution is 2.16. The fourth-order valence-electron chi connectivity index (χ4n) is 1.75. The normalized spacial score (nSPS) is 18.6. The molecule has 6 heteroatoms. The highest BCUT2D eigenvalue weighted by atomic mass is 32.2. The number of hydrogen-bond acceptors (Lipinski definition) is 3. The summed E-state index contributed by atoms with van der Waals surface area (Å²) in [6.45, 7) is 0.132. The summed E-state index contributed by atoms with van der Waals surface area (Å²) in [7, 11) is -3.40. The topological polar surface area (TPSA) is 54.5 Å². The Bertz CT molecular complexity index is 524. The van der Waals surface area contributed by atoms with E-state index < -0.39 is 10.0 Å². The van der Waals surface area contributed by atoms with Crippen molar-refractivity contribution in [3.8, 4) is 0 Å². The van der Waals surface area contributed by atoms with E-state index in [-0.39, 0.29) is 30.4 Å². The summed E-state index contributed by atoms with van der Waals surface area (Å²) < 4.78 is 36.6. The van der Waals surface area contributed by atoms with Gasteiger partial charge in [0.25, 0.3) is 0 Å². The molecule has 1 aliphatic heterocycles. The van der Waals surface area contributed by atoms with Gasteiger partial charge in [0.15, 0.2) is 0 Å². The van der Waals surface area contributed by atoms with E-state index >= 15 is 0 Å². The monoisotopic (exact) mass is 257 g/mol. The van der Waals surface area contributed by atoms with Gasteiger partial charge >= 0.3 is 0 Å². The van der Waals surface area contributed by atoms with Crippen LogP contribution in [0.5, 0.6) is 0 Å². The SMILES string of the molecule is O=C1CCS(=O)(=O)N1CCc1ccc(F)cc1. The minimum absolute atomic E-state index is 0.0613. The van der Waals surface area contributed by atoms with Crippen molar-refractivity contribution < 1.29 is 17.6 Å². The Hall–Kier alpha value is -1.43. The first kappa shape index (κ1) is 12.0. The number of sulfonamides is 1. The Morgan fingerprint density at radius 1 is 1.24 bits per heavy atom. The molecule has 0 spiro atoms. The molecule has 0 bridgehead atoms. The van der Waals surface area contributed by atoms with Crippen molar-refractivity contribution in [2.75, 3.05) is 12.3 Å². The minimum Gasteiger partial charge on any atom is -0.274 e. The van der Waals surface area contributed by atoms with Crippen molar-refractivity contribution >= 4 is 15.9 Å². The number of benzene rings is 1. The van der Waals surface area contributed by atoms with E-state index in [1.807, 2.05) is 0 Å². The molecule has 1 amide bonds. The van der Waals surface area contributed by atoms with E-state index in [1.165, 1.54) is 12.1 Å². The lowest BCUT2D eigenvalue weighted by Crippen LogP contribution is -2.31. The van der Waals surface area contributed by atoms with Crippen LogP contribution >= 0.6 is 0 Å². The first-order valence-electron chi connectivity index (χ1n) is 5.27. The predicted molar refractivity (Wildman–Crippen MR) is 60.2 cm³/mol. The van der Waals surface area contributed by atoms with Gasteiger partial charge in [-0.05, 0) is 24.1 Å². The average molecular weight is 257 g/mol. The molecule has 0 saturated carbocycles. The molecule has 0 N–H and O–H groups in total. The molecule has 92 valence electrons. The first-order valence-corrected chi connectivity index (χ1v) is 6.88. The third-order valence-corrected chi connectivity index (χ3v) is 4.48. The molecule has 1 saturated heterocycles. The summed E-state index contributed by atoms with van der Waals surface area (Å²) in [5.41, 5.74) is 0.807. The number of nitrogens with zero attached hydrogens (tertiary/aromatic N) is 1. The molecule has 1 heterocycles. The number of carbonyl (C=O) groups is 1. The number of amides is 1. The third-order valence-electron chi connectivity index (χ3n) is 2.70. The largest absolute Gasteiger partial charge is 0.274 e. The second-order valence-electron chi connectivity index (χ2n) is 3.91. The lowest BCUT2D eigenvalue weighted by molar-refractivity contribution is -0.125. The van der Waals surface area contributed by atoms with E-state index in [1.54, 1.807) is 12.1 Å². The average Bonchev–Trinajstić information content (AvgIpc) is 2.53. The maximum Gasteiger partial charge on any atom is 0.237 e. The second kappa shape index (κ2) is 4.44. The second-order valence-corrected chi connectivity index (χ2v) is 5.92. The summed E-state index contributed by atoms with van der Waals surface area (Å²) in [6.07, 6.45) is 0.469. The van der Waals surface area contributed by atoms with Gasteiger partial charge in [0, 0.05) is 13.0 Å². The van der Waals surface area contributed by atoms with E-state index in [0.29, 0.717) is 6.42 Å². The Balaban J connectivity index is 2.03. The number of carbonyl (C=O) groups excluding carboxylic acids is 1. The van der Waals surface area contributed by atoms with Gasteiger partial charge in [-0.25, -0.2) is 17.1 Å².